The number of hydrogen-bond acceptors (Lipinski definition) is 4. The topological polar surface area (TPSA) is 65.8 Å². The Morgan fingerprint density at radius 1 is 1.17 bits per heavy atom. The van der Waals surface area contributed by atoms with Crippen molar-refractivity contribution in [1.29, 1.82) is 0 Å². The third kappa shape index (κ3) is 3.59. The predicted octanol–water partition coefficient (Wildman–Crippen LogP) is 3.28. The maximum Gasteiger partial charge on any atom is 0.275 e. The molecule has 0 spiro atoms. The molecule has 1 N–H and O–H groups in total. The summed E-state index contributed by atoms with van der Waals surface area (Å²) in [6, 6.07) is 4.33. The zero-order chi connectivity index (χ0) is 21.5. The van der Waals surface area contributed by atoms with Gasteiger partial charge in [-0.15, -0.1) is 0 Å². The zero-order valence-electron chi connectivity index (χ0n) is 18.6. The molecule has 0 atom stereocenters. The molecule has 154 valence electrons. The minimum absolute atomic E-state index is 0.102. The van der Waals surface area contributed by atoms with Crippen LogP contribution in [0.15, 0.2) is 21.9 Å². The SMILES string of the molecule is C=c1[nH]n2c(=O)c(C)c(C(C)C)nc2c1=Nc1c(C)cc(N(CC)CC)cc1C. The summed E-state index contributed by atoms with van der Waals surface area (Å²) in [6.07, 6.45) is 0. The number of nitrogens with zero attached hydrogens (tertiary/aromatic N) is 4. The lowest BCUT2D eigenvalue weighted by Crippen LogP contribution is -2.23. The summed E-state index contributed by atoms with van der Waals surface area (Å²) in [5.41, 5.74) is 6.15. The standard InChI is InChI=1S/C23H31N5O/c1-9-27(10-2)18-11-14(5)20(15(6)12-18)24-21-17(8)26-28-22(21)25-19(13(3)4)16(7)23(28)29/h11-13,26H,8-10H2,1-7H3. The molecule has 0 saturated carbocycles. The second-order valence-electron chi connectivity index (χ2n) is 7.89. The molecule has 3 rings (SSSR count). The molecule has 6 heteroatoms. The van der Waals surface area contributed by atoms with Gasteiger partial charge in [0, 0.05) is 24.3 Å². The highest BCUT2D eigenvalue weighted by Crippen LogP contribution is 2.29. The summed E-state index contributed by atoms with van der Waals surface area (Å²) < 4.78 is 1.46. The van der Waals surface area contributed by atoms with Crippen LogP contribution in [0.2, 0.25) is 0 Å². The molecule has 0 amide bonds. The van der Waals surface area contributed by atoms with Crippen LogP contribution in [0.4, 0.5) is 11.4 Å². The highest BCUT2D eigenvalue weighted by molar-refractivity contribution is 5.63. The summed E-state index contributed by atoms with van der Waals surface area (Å²) >= 11 is 0. The van der Waals surface area contributed by atoms with E-state index in [9.17, 15) is 4.79 Å². The van der Waals surface area contributed by atoms with Gasteiger partial charge >= 0.3 is 0 Å². The largest absolute Gasteiger partial charge is 0.372 e. The van der Waals surface area contributed by atoms with Crippen molar-refractivity contribution < 1.29 is 0 Å². The number of H-pyrrole nitrogens is 1. The lowest BCUT2D eigenvalue weighted by molar-refractivity contribution is 0.778. The van der Waals surface area contributed by atoms with Crippen molar-refractivity contribution in [1.82, 2.24) is 14.6 Å². The Hall–Kier alpha value is -2.89. The van der Waals surface area contributed by atoms with E-state index in [1.54, 1.807) is 0 Å². The third-order valence-electron chi connectivity index (χ3n) is 5.47. The van der Waals surface area contributed by atoms with Gasteiger partial charge in [0.15, 0.2) is 5.65 Å². The molecule has 6 nitrogen and oxygen atoms in total. The average Bonchev–Trinajstić information content (AvgIpc) is 2.97. The van der Waals surface area contributed by atoms with Gasteiger partial charge in [-0.1, -0.05) is 20.4 Å². The quantitative estimate of drug-likeness (QED) is 0.723. The van der Waals surface area contributed by atoms with Crippen LogP contribution in [0.5, 0.6) is 0 Å². The summed E-state index contributed by atoms with van der Waals surface area (Å²) in [6.45, 7) is 20.3. The summed E-state index contributed by atoms with van der Waals surface area (Å²) in [4.78, 5) is 24.8. The first-order valence-electron chi connectivity index (χ1n) is 10.2. The van der Waals surface area contributed by atoms with Gasteiger partial charge in [-0.05, 0) is 63.8 Å². The molecular weight excluding hydrogens is 362 g/mol. The van der Waals surface area contributed by atoms with Gasteiger partial charge in [-0.3, -0.25) is 9.89 Å². The van der Waals surface area contributed by atoms with Crippen LogP contribution in [-0.4, -0.2) is 27.7 Å². The van der Waals surface area contributed by atoms with Gasteiger partial charge in [0.05, 0.1) is 16.7 Å². The molecule has 0 aliphatic rings. The molecule has 1 aromatic carbocycles. The molecular formula is C23H31N5O. The van der Waals surface area contributed by atoms with Crippen molar-refractivity contribution in [3.05, 3.63) is 55.6 Å². The number of aromatic nitrogens is 3. The first-order valence-corrected chi connectivity index (χ1v) is 10.2. The highest BCUT2D eigenvalue weighted by atomic mass is 16.1. The third-order valence-corrected chi connectivity index (χ3v) is 5.47. The molecule has 29 heavy (non-hydrogen) atoms. The van der Waals surface area contributed by atoms with Crippen molar-refractivity contribution in [3.8, 4) is 0 Å². The number of hydrogen-bond donors (Lipinski definition) is 1. The molecule has 0 fully saturated rings. The van der Waals surface area contributed by atoms with E-state index in [-0.39, 0.29) is 11.5 Å². The van der Waals surface area contributed by atoms with E-state index in [1.165, 1.54) is 10.2 Å². The van der Waals surface area contributed by atoms with E-state index >= 15 is 0 Å². The Morgan fingerprint density at radius 3 is 2.28 bits per heavy atom. The molecule has 0 unspecified atom stereocenters. The van der Waals surface area contributed by atoms with Crippen LogP contribution in [-0.2, 0) is 0 Å². The van der Waals surface area contributed by atoms with Crippen LogP contribution in [0.25, 0.3) is 12.2 Å². The monoisotopic (exact) mass is 393 g/mol. The maximum atomic E-state index is 12.8. The Labute approximate surface area is 171 Å². The minimum Gasteiger partial charge on any atom is -0.372 e. The highest BCUT2D eigenvalue weighted by Gasteiger charge is 2.15. The first kappa shape index (κ1) is 20.8. The molecule has 0 saturated heterocycles. The lowest BCUT2D eigenvalue weighted by atomic mass is 10.1. The summed E-state index contributed by atoms with van der Waals surface area (Å²) in [7, 11) is 0. The molecule has 3 aromatic rings. The number of nitrogens with one attached hydrogen (secondary N) is 1. The maximum absolute atomic E-state index is 12.8. The Morgan fingerprint density at radius 2 is 1.76 bits per heavy atom. The van der Waals surface area contributed by atoms with Crippen LogP contribution < -0.4 is 21.2 Å². The Bertz CT molecular complexity index is 1210. The fourth-order valence-electron chi connectivity index (χ4n) is 3.88. The van der Waals surface area contributed by atoms with E-state index in [4.69, 9.17) is 9.98 Å². The van der Waals surface area contributed by atoms with E-state index in [1.807, 2.05) is 20.8 Å². The molecule has 2 aromatic heterocycles. The number of fused-ring (bicyclic) bond motifs is 1. The van der Waals surface area contributed by atoms with Gasteiger partial charge in [0.2, 0.25) is 0 Å². The van der Waals surface area contributed by atoms with Crippen molar-refractivity contribution in [2.75, 3.05) is 18.0 Å². The molecule has 0 aliphatic carbocycles. The van der Waals surface area contributed by atoms with E-state index in [0.29, 0.717) is 21.9 Å². The van der Waals surface area contributed by atoms with E-state index in [0.717, 1.165) is 35.6 Å². The fraction of sp³-hybridized carbons (Fsp3) is 0.435. The molecule has 2 heterocycles. The summed E-state index contributed by atoms with van der Waals surface area (Å²) in [5.74, 6) is 0.153. The fourth-order valence-corrected chi connectivity index (χ4v) is 3.88. The lowest BCUT2D eigenvalue weighted by Gasteiger charge is -2.22. The molecule has 0 bridgehead atoms. The van der Waals surface area contributed by atoms with E-state index in [2.05, 4.69) is 56.4 Å². The Kier molecular flexibility index (Phi) is 5.64. The van der Waals surface area contributed by atoms with Crippen molar-refractivity contribution >= 4 is 23.6 Å². The van der Waals surface area contributed by atoms with Gasteiger partial charge in [0.1, 0.15) is 5.36 Å². The zero-order valence-corrected chi connectivity index (χ0v) is 18.6. The molecule has 0 radical (unpaired) electrons. The number of aryl methyl sites for hydroxylation is 2. The average molecular weight is 394 g/mol. The van der Waals surface area contributed by atoms with Crippen LogP contribution in [0, 0.1) is 20.8 Å². The van der Waals surface area contributed by atoms with Crippen molar-refractivity contribution in [2.45, 2.75) is 54.4 Å². The predicted molar refractivity (Wildman–Crippen MR) is 120 cm³/mol. The van der Waals surface area contributed by atoms with Crippen molar-refractivity contribution in [3.63, 3.8) is 0 Å². The summed E-state index contributed by atoms with van der Waals surface area (Å²) in [5, 5.41) is 4.24. The number of benzene rings is 1. The van der Waals surface area contributed by atoms with Crippen molar-refractivity contribution in [2.24, 2.45) is 4.99 Å². The minimum atomic E-state index is -0.102. The normalized spacial score (nSPS) is 12.3. The second-order valence-corrected chi connectivity index (χ2v) is 7.89. The van der Waals surface area contributed by atoms with Gasteiger partial charge < -0.3 is 4.90 Å². The van der Waals surface area contributed by atoms with Crippen LogP contribution in [0.3, 0.4) is 0 Å². The van der Waals surface area contributed by atoms with Gasteiger partial charge in [-0.2, -0.15) is 4.52 Å². The first-order chi connectivity index (χ1) is 13.7. The molecule has 0 aliphatic heterocycles. The van der Waals surface area contributed by atoms with E-state index < -0.39 is 0 Å². The Balaban J connectivity index is 2.30. The van der Waals surface area contributed by atoms with Gasteiger partial charge in [-0.25, -0.2) is 9.98 Å². The van der Waals surface area contributed by atoms with Gasteiger partial charge in [0.25, 0.3) is 5.56 Å². The number of anilines is 1. The smallest absolute Gasteiger partial charge is 0.275 e. The van der Waals surface area contributed by atoms with Crippen LogP contribution in [0.1, 0.15) is 56.0 Å². The second kappa shape index (κ2) is 7.85. The van der Waals surface area contributed by atoms with Crippen LogP contribution >= 0.6 is 0 Å². The number of rotatable bonds is 5. The number of aromatic amines is 1.